The van der Waals surface area contributed by atoms with Gasteiger partial charge in [-0.15, -0.1) is 10.2 Å². The average Bonchev–Trinajstić information content (AvgIpc) is 2.46. The second kappa shape index (κ2) is 7.26. The number of rotatable bonds is 6. The molecule has 0 saturated carbocycles. The van der Waals surface area contributed by atoms with Crippen molar-refractivity contribution < 1.29 is 4.21 Å². The molecule has 1 N–H and O–H groups in total. The molecule has 6 heteroatoms. The summed E-state index contributed by atoms with van der Waals surface area (Å²) in [6.07, 6.45) is 3.37. The van der Waals surface area contributed by atoms with Crippen LogP contribution < -0.4 is 5.32 Å². The Kier molecular flexibility index (Phi) is 5.38. The van der Waals surface area contributed by atoms with Crippen molar-refractivity contribution in [2.24, 2.45) is 0 Å². The highest BCUT2D eigenvalue weighted by Gasteiger charge is 2.06. The molecule has 1 unspecified atom stereocenters. The number of hydrogen-bond donors (Lipinski definition) is 1. The molecule has 1 heterocycles. The molecule has 112 valence electrons. The van der Waals surface area contributed by atoms with E-state index in [0.29, 0.717) is 11.7 Å². The summed E-state index contributed by atoms with van der Waals surface area (Å²) >= 11 is 0. The van der Waals surface area contributed by atoms with Gasteiger partial charge in [-0.1, -0.05) is 26.0 Å². The molecule has 0 aliphatic heterocycles. The number of hydrogen-bond acceptors (Lipinski definition) is 5. The van der Waals surface area contributed by atoms with Gasteiger partial charge in [0, 0.05) is 28.5 Å². The topological polar surface area (TPSA) is 67.8 Å². The molecule has 2 rings (SSSR count). The molecule has 0 aliphatic carbocycles. The zero-order valence-corrected chi connectivity index (χ0v) is 13.4. The lowest BCUT2D eigenvalue weighted by molar-refractivity contribution is 0.686. The molecule has 0 radical (unpaired) electrons. The molecule has 21 heavy (non-hydrogen) atoms. The smallest absolute Gasteiger partial charge is 0.247 e. The van der Waals surface area contributed by atoms with E-state index in [4.69, 9.17) is 0 Å². The van der Waals surface area contributed by atoms with Crippen molar-refractivity contribution >= 4 is 22.4 Å². The first-order chi connectivity index (χ1) is 10.1. The number of nitrogens with one attached hydrogen (secondary N) is 1. The highest BCUT2D eigenvalue weighted by atomic mass is 32.2. The maximum Gasteiger partial charge on any atom is 0.247 e. The Morgan fingerprint density at radius 1 is 1.14 bits per heavy atom. The molecule has 0 bridgehead atoms. The van der Waals surface area contributed by atoms with Crippen molar-refractivity contribution in [3.8, 4) is 0 Å². The summed E-state index contributed by atoms with van der Waals surface area (Å²) in [6.45, 7) is 4.11. The van der Waals surface area contributed by atoms with Crippen molar-refractivity contribution in [1.29, 1.82) is 0 Å². The van der Waals surface area contributed by atoms with Crippen LogP contribution in [0.5, 0.6) is 0 Å². The van der Waals surface area contributed by atoms with E-state index in [1.165, 1.54) is 0 Å². The monoisotopic (exact) mass is 304 g/mol. The average molecular weight is 304 g/mol. The summed E-state index contributed by atoms with van der Waals surface area (Å²) in [7, 11) is -0.852. The van der Waals surface area contributed by atoms with Crippen LogP contribution in [0.2, 0.25) is 0 Å². The summed E-state index contributed by atoms with van der Waals surface area (Å²) in [4.78, 5) is 4.50. The van der Waals surface area contributed by atoms with E-state index in [1.807, 2.05) is 31.2 Å². The predicted molar refractivity (Wildman–Crippen MR) is 86.1 cm³/mol. The first-order valence-corrected chi connectivity index (χ1v) is 8.73. The van der Waals surface area contributed by atoms with E-state index >= 15 is 0 Å². The van der Waals surface area contributed by atoms with Gasteiger partial charge in [0.25, 0.3) is 0 Å². The van der Waals surface area contributed by atoms with E-state index in [0.717, 1.165) is 35.5 Å². The van der Waals surface area contributed by atoms with Crippen LogP contribution in [0.1, 0.15) is 30.8 Å². The van der Waals surface area contributed by atoms with Crippen molar-refractivity contribution in [3.63, 3.8) is 0 Å². The Morgan fingerprint density at radius 3 is 2.57 bits per heavy atom. The van der Waals surface area contributed by atoms with E-state index < -0.39 is 10.8 Å². The summed E-state index contributed by atoms with van der Waals surface area (Å²) < 4.78 is 11.3. The van der Waals surface area contributed by atoms with Gasteiger partial charge in [-0.2, -0.15) is 0 Å². The van der Waals surface area contributed by atoms with Crippen molar-refractivity contribution in [1.82, 2.24) is 15.2 Å². The van der Waals surface area contributed by atoms with Gasteiger partial charge in [-0.25, -0.2) is 4.98 Å². The second-order valence-corrected chi connectivity index (χ2v) is 6.21. The minimum Gasteiger partial charge on any atom is -0.323 e. The van der Waals surface area contributed by atoms with Crippen LogP contribution in [0.25, 0.3) is 0 Å². The Hall–Kier alpha value is -1.82. The third-order valence-electron chi connectivity index (χ3n) is 3.06. The summed E-state index contributed by atoms with van der Waals surface area (Å²) in [6, 6.07) is 7.79. The molecular formula is C15H20N4OS. The molecule has 0 saturated heterocycles. The molecule has 0 spiro atoms. The molecule has 1 aromatic carbocycles. The van der Waals surface area contributed by atoms with E-state index in [-0.39, 0.29) is 0 Å². The summed E-state index contributed by atoms with van der Waals surface area (Å²) in [5, 5.41) is 11.5. The fourth-order valence-corrected chi connectivity index (χ4v) is 2.74. The highest BCUT2D eigenvalue weighted by molar-refractivity contribution is 7.83. The van der Waals surface area contributed by atoms with Crippen LogP contribution in [-0.4, -0.2) is 25.6 Å². The van der Waals surface area contributed by atoms with E-state index in [9.17, 15) is 4.21 Å². The quantitative estimate of drug-likeness (QED) is 0.888. The molecule has 1 aromatic heterocycles. The van der Waals surface area contributed by atoms with Gasteiger partial charge in [0.15, 0.2) is 0 Å². The fourth-order valence-electron chi connectivity index (χ4n) is 2.09. The zero-order valence-electron chi connectivity index (χ0n) is 12.6. The molecule has 0 amide bonds. The highest BCUT2D eigenvalue weighted by Crippen LogP contribution is 2.16. The maximum atomic E-state index is 11.3. The van der Waals surface area contributed by atoms with Gasteiger partial charge in [0.1, 0.15) is 0 Å². The van der Waals surface area contributed by atoms with Crippen LogP contribution in [0.3, 0.4) is 0 Å². The third-order valence-corrected chi connectivity index (χ3v) is 3.80. The number of aryl methyl sites for hydroxylation is 2. The lowest BCUT2D eigenvalue weighted by Crippen LogP contribution is -2.06. The van der Waals surface area contributed by atoms with Gasteiger partial charge in [-0.3, -0.25) is 4.21 Å². The summed E-state index contributed by atoms with van der Waals surface area (Å²) in [5.41, 5.74) is 3.82. The van der Waals surface area contributed by atoms with E-state index in [1.54, 1.807) is 6.26 Å². The van der Waals surface area contributed by atoms with Crippen LogP contribution in [0.4, 0.5) is 11.6 Å². The Bertz CT molecular complexity index is 645. The van der Waals surface area contributed by atoms with Crippen molar-refractivity contribution in [2.45, 2.75) is 32.4 Å². The van der Waals surface area contributed by atoms with Crippen LogP contribution in [0.15, 0.2) is 24.3 Å². The van der Waals surface area contributed by atoms with Crippen LogP contribution in [0, 0.1) is 0 Å². The molecule has 1 atom stereocenters. The Morgan fingerprint density at radius 2 is 1.90 bits per heavy atom. The Labute approximate surface area is 127 Å². The number of benzene rings is 1. The standard InChI is InChI=1S/C15H20N4OS/c1-4-13-14(5-2)18-19-15(17-13)16-12-8-6-7-11(9-12)10-21(3)20/h6-9H,4-5,10H2,1-3H3,(H,16,17,19). The van der Waals surface area contributed by atoms with E-state index in [2.05, 4.69) is 27.4 Å². The second-order valence-electron chi connectivity index (χ2n) is 4.78. The first-order valence-electron chi connectivity index (χ1n) is 7.00. The van der Waals surface area contributed by atoms with Gasteiger partial charge < -0.3 is 5.32 Å². The Balaban J connectivity index is 2.19. The predicted octanol–water partition coefficient (Wildman–Crippen LogP) is 2.62. The zero-order chi connectivity index (χ0) is 15.2. The fraction of sp³-hybridized carbons (Fsp3) is 0.400. The molecule has 5 nitrogen and oxygen atoms in total. The molecule has 0 fully saturated rings. The normalized spacial score (nSPS) is 12.1. The van der Waals surface area contributed by atoms with Crippen molar-refractivity contribution in [3.05, 3.63) is 41.2 Å². The lowest BCUT2D eigenvalue weighted by Gasteiger charge is -2.08. The molecular weight excluding hydrogens is 284 g/mol. The largest absolute Gasteiger partial charge is 0.323 e. The summed E-state index contributed by atoms with van der Waals surface area (Å²) in [5.74, 6) is 1.04. The SMILES string of the molecule is CCc1nnc(Nc2cccc(CS(C)=O)c2)nc1CC. The third kappa shape index (κ3) is 4.32. The van der Waals surface area contributed by atoms with Crippen LogP contribution in [-0.2, 0) is 29.4 Å². The number of anilines is 2. The van der Waals surface area contributed by atoms with Gasteiger partial charge in [-0.05, 0) is 30.5 Å². The van der Waals surface area contributed by atoms with Gasteiger partial charge in [0.2, 0.25) is 5.95 Å². The number of aromatic nitrogens is 3. The minimum absolute atomic E-state index is 0.499. The van der Waals surface area contributed by atoms with Crippen LogP contribution >= 0.6 is 0 Å². The van der Waals surface area contributed by atoms with Gasteiger partial charge in [0.05, 0.1) is 11.4 Å². The number of nitrogens with zero attached hydrogens (tertiary/aromatic N) is 3. The lowest BCUT2D eigenvalue weighted by atomic mass is 10.2. The van der Waals surface area contributed by atoms with Crippen molar-refractivity contribution in [2.75, 3.05) is 11.6 Å². The maximum absolute atomic E-state index is 11.3. The molecule has 0 aliphatic rings. The minimum atomic E-state index is -0.852. The first kappa shape index (κ1) is 15.6. The van der Waals surface area contributed by atoms with Gasteiger partial charge >= 0.3 is 0 Å². The molecule has 2 aromatic rings.